The number of nitrogens with one attached hydrogen (secondary N) is 1. The SMILES string of the molecule is c1cc(-c2ccc3ncc(N4CCCCC4)nc3c2)cc(-c2nnn[nH]2)c1. The van der Waals surface area contributed by atoms with Crippen molar-refractivity contribution >= 4 is 16.9 Å². The van der Waals surface area contributed by atoms with Gasteiger partial charge in [-0.25, -0.2) is 10.1 Å². The van der Waals surface area contributed by atoms with Crippen LogP contribution in [0.5, 0.6) is 0 Å². The average Bonchev–Trinajstić information content (AvgIpc) is 3.29. The zero-order chi connectivity index (χ0) is 18.1. The molecule has 0 amide bonds. The number of benzene rings is 2. The first-order valence-corrected chi connectivity index (χ1v) is 9.23. The molecule has 1 aliphatic heterocycles. The molecule has 134 valence electrons. The van der Waals surface area contributed by atoms with Gasteiger partial charge in [0.15, 0.2) is 5.82 Å². The number of piperidine rings is 1. The van der Waals surface area contributed by atoms with E-state index in [0.29, 0.717) is 5.82 Å². The van der Waals surface area contributed by atoms with Crippen molar-refractivity contribution in [2.45, 2.75) is 19.3 Å². The van der Waals surface area contributed by atoms with Crippen LogP contribution in [0.2, 0.25) is 0 Å². The van der Waals surface area contributed by atoms with Crippen molar-refractivity contribution < 1.29 is 0 Å². The molecular formula is C20H19N7. The Balaban J connectivity index is 1.53. The summed E-state index contributed by atoms with van der Waals surface area (Å²) in [6.07, 6.45) is 5.65. The first kappa shape index (κ1) is 15.9. The number of nitrogens with zero attached hydrogens (tertiary/aromatic N) is 6. The van der Waals surface area contributed by atoms with Gasteiger partial charge in [-0.15, -0.1) is 5.10 Å². The highest BCUT2D eigenvalue weighted by molar-refractivity contribution is 5.83. The van der Waals surface area contributed by atoms with Gasteiger partial charge in [0.25, 0.3) is 0 Å². The van der Waals surface area contributed by atoms with Gasteiger partial charge in [-0.05, 0) is 59.0 Å². The van der Waals surface area contributed by atoms with Crippen molar-refractivity contribution in [3.8, 4) is 22.5 Å². The Morgan fingerprint density at radius 2 is 1.70 bits per heavy atom. The van der Waals surface area contributed by atoms with Crippen molar-refractivity contribution in [1.29, 1.82) is 0 Å². The highest BCUT2D eigenvalue weighted by Crippen LogP contribution is 2.27. The van der Waals surface area contributed by atoms with Gasteiger partial charge in [-0.2, -0.15) is 0 Å². The lowest BCUT2D eigenvalue weighted by atomic mass is 10.0. The normalized spacial score (nSPS) is 14.6. The predicted octanol–water partition coefficient (Wildman–Crippen LogP) is 3.47. The average molecular weight is 357 g/mol. The first-order chi connectivity index (χ1) is 13.4. The second-order valence-corrected chi connectivity index (χ2v) is 6.81. The lowest BCUT2D eigenvalue weighted by Gasteiger charge is -2.27. The molecule has 0 aliphatic carbocycles. The quantitative estimate of drug-likeness (QED) is 0.604. The second kappa shape index (κ2) is 6.75. The van der Waals surface area contributed by atoms with Gasteiger partial charge >= 0.3 is 0 Å². The van der Waals surface area contributed by atoms with Crippen molar-refractivity contribution in [1.82, 2.24) is 30.6 Å². The Morgan fingerprint density at radius 3 is 2.56 bits per heavy atom. The molecule has 0 saturated carbocycles. The van der Waals surface area contributed by atoms with E-state index in [1.807, 2.05) is 24.4 Å². The molecule has 2 aromatic heterocycles. The summed E-state index contributed by atoms with van der Waals surface area (Å²) in [6.45, 7) is 2.13. The van der Waals surface area contributed by atoms with Gasteiger partial charge in [-0.3, -0.25) is 4.98 Å². The van der Waals surface area contributed by atoms with E-state index in [1.165, 1.54) is 19.3 Å². The number of hydrogen-bond donors (Lipinski definition) is 1. The van der Waals surface area contributed by atoms with Crippen molar-refractivity contribution in [3.63, 3.8) is 0 Å². The van der Waals surface area contributed by atoms with E-state index in [2.05, 4.69) is 54.8 Å². The van der Waals surface area contributed by atoms with Gasteiger partial charge < -0.3 is 4.90 Å². The summed E-state index contributed by atoms with van der Waals surface area (Å²) in [4.78, 5) is 11.8. The minimum atomic E-state index is 0.657. The zero-order valence-electron chi connectivity index (χ0n) is 14.8. The van der Waals surface area contributed by atoms with Crippen molar-refractivity contribution in [2.24, 2.45) is 0 Å². The molecule has 5 rings (SSSR count). The van der Waals surface area contributed by atoms with Gasteiger partial charge in [0.1, 0.15) is 5.82 Å². The van der Waals surface area contributed by atoms with Gasteiger partial charge in [0.2, 0.25) is 0 Å². The molecular weight excluding hydrogens is 338 g/mol. The van der Waals surface area contributed by atoms with Gasteiger partial charge in [0.05, 0.1) is 17.2 Å². The molecule has 1 fully saturated rings. The number of anilines is 1. The van der Waals surface area contributed by atoms with Gasteiger partial charge in [-0.1, -0.05) is 24.3 Å². The largest absolute Gasteiger partial charge is 0.355 e. The smallest absolute Gasteiger partial charge is 0.179 e. The third-order valence-electron chi connectivity index (χ3n) is 5.02. The Kier molecular flexibility index (Phi) is 3.97. The van der Waals surface area contributed by atoms with Crippen molar-refractivity contribution in [2.75, 3.05) is 18.0 Å². The number of tetrazole rings is 1. The molecule has 1 aliphatic rings. The van der Waals surface area contributed by atoms with E-state index in [0.717, 1.165) is 46.6 Å². The van der Waals surface area contributed by atoms with Crippen LogP contribution >= 0.6 is 0 Å². The monoisotopic (exact) mass is 357 g/mol. The minimum absolute atomic E-state index is 0.657. The third-order valence-corrected chi connectivity index (χ3v) is 5.02. The maximum absolute atomic E-state index is 4.88. The fourth-order valence-corrected chi connectivity index (χ4v) is 3.58. The minimum Gasteiger partial charge on any atom is -0.355 e. The van der Waals surface area contributed by atoms with Crippen LogP contribution in [0.25, 0.3) is 33.5 Å². The summed E-state index contributed by atoms with van der Waals surface area (Å²) in [5.74, 6) is 1.63. The summed E-state index contributed by atoms with van der Waals surface area (Å²) >= 11 is 0. The molecule has 2 aromatic carbocycles. The van der Waals surface area contributed by atoms with E-state index in [1.54, 1.807) is 0 Å². The molecule has 4 aromatic rings. The van der Waals surface area contributed by atoms with Crippen molar-refractivity contribution in [3.05, 3.63) is 48.7 Å². The highest BCUT2D eigenvalue weighted by Gasteiger charge is 2.13. The van der Waals surface area contributed by atoms with E-state index < -0.39 is 0 Å². The molecule has 1 saturated heterocycles. The molecule has 7 heteroatoms. The van der Waals surface area contributed by atoms with Crippen LogP contribution < -0.4 is 4.90 Å². The summed E-state index contributed by atoms with van der Waals surface area (Å²) in [5.41, 5.74) is 4.97. The number of aromatic nitrogens is 6. The molecule has 27 heavy (non-hydrogen) atoms. The first-order valence-electron chi connectivity index (χ1n) is 9.23. The summed E-state index contributed by atoms with van der Waals surface area (Å²) in [5, 5.41) is 14.1. The van der Waals surface area contributed by atoms with Crippen LogP contribution in [0.15, 0.2) is 48.7 Å². The van der Waals surface area contributed by atoms with Crippen LogP contribution in [-0.2, 0) is 0 Å². The number of rotatable bonds is 3. The Bertz CT molecular complexity index is 1070. The number of hydrogen-bond acceptors (Lipinski definition) is 6. The number of aromatic amines is 1. The molecule has 0 unspecified atom stereocenters. The molecule has 0 spiro atoms. The summed E-state index contributed by atoms with van der Waals surface area (Å²) in [7, 11) is 0. The summed E-state index contributed by atoms with van der Waals surface area (Å²) < 4.78 is 0. The van der Waals surface area contributed by atoms with Gasteiger partial charge in [0, 0.05) is 18.7 Å². The number of H-pyrrole nitrogens is 1. The van der Waals surface area contributed by atoms with E-state index >= 15 is 0 Å². The van der Waals surface area contributed by atoms with E-state index in [9.17, 15) is 0 Å². The highest BCUT2D eigenvalue weighted by atomic mass is 15.5. The molecule has 0 radical (unpaired) electrons. The van der Waals surface area contributed by atoms with Crippen LogP contribution in [0.1, 0.15) is 19.3 Å². The van der Waals surface area contributed by atoms with Crippen LogP contribution in [0.4, 0.5) is 5.82 Å². The van der Waals surface area contributed by atoms with E-state index in [-0.39, 0.29) is 0 Å². The fraction of sp³-hybridized carbons (Fsp3) is 0.250. The fourth-order valence-electron chi connectivity index (χ4n) is 3.58. The number of fused-ring (bicyclic) bond motifs is 1. The molecule has 0 atom stereocenters. The maximum atomic E-state index is 4.88. The lowest BCUT2D eigenvalue weighted by molar-refractivity contribution is 0.573. The maximum Gasteiger partial charge on any atom is 0.179 e. The Morgan fingerprint density at radius 1 is 0.852 bits per heavy atom. The van der Waals surface area contributed by atoms with Crippen LogP contribution in [-0.4, -0.2) is 43.7 Å². The Hall–Kier alpha value is -3.35. The third kappa shape index (κ3) is 3.12. The Labute approximate surface area is 156 Å². The second-order valence-electron chi connectivity index (χ2n) is 6.81. The predicted molar refractivity (Wildman–Crippen MR) is 104 cm³/mol. The molecule has 7 nitrogen and oxygen atoms in total. The van der Waals surface area contributed by atoms with E-state index in [4.69, 9.17) is 4.98 Å². The molecule has 3 heterocycles. The molecule has 0 bridgehead atoms. The lowest BCUT2D eigenvalue weighted by Crippen LogP contribution is -2.30. The topological polar surface area (TPSA) is 83.5 Å². The van der Waals surface area contributed by atoms with Crippen LogP contribution in [0.3, 0.4) is 0 Å². The summed E-state index contributed by atoms with van der Waals surface area (Å²) in [6, 6.07) is 14.4. The molecule has 1 N–H and O–H groups in total. The zero-order valence-corrected chi connectivity index (χ0v) is 14.8. The van der Waals surface area contributed by atoms with Crippen LogP contribution in [0, 0.1) is 0 Å². The standard InChI is InChI=1S/C20H19N7/c1-2-9-27(10-3-1)19-13-21-17-8-7-15(12-18(17)22-19)14-5-4-6-16(11-14)20-23-25-26-24-20/h4-8,11-13H,1-3,9-10H2,(H,23,24,25,26).